The predicted octanol–water partition coefficient (Wildman–Crippen LogP) is 3.18. The quantitative estimate of drug-likeness (QED) is 0.200. The Morgan fingerprint density at radius 2 is 1.78 bits per heavy atom. The van der Waals surface area contributed by atoms with E-state index >= 15 is 0 Å². The Balaban J connectivity index is 1.32. The maximum absolute atomic E-state index is 11.7. The van der Waals surface area contributed by atoms with Crippen molar-refractivity contribution < 1.29 is 14.3 Å². The van der Waals surface area contributed by atoms with Crippen molar-refractivity contribution in [1.29, 1.82) is 0 Å². The SMILES string of the molecule is CCNC(=NCCOC1CCCCCC1)NCCc1ccc(OCC(=O)NC2CC2)cc1. The summed E-state index contributed by atoms with van der Waals surface area (Å²) in [6.45, 7) is 5.12. The maximum Gasteiger partial charge on any atom is 0.258 e. The van der Waals surface area contributed by atoms with Gasteiger partial charge in [-0.2, -0.15) is 0 Å². The zero-order chi connectivity index (χ0) is 22.4. The van der Waals surface area contributed by atoms with Gasteiger partial charge in [-0.15, -0.1) is 0 Å². The normalized spacial score (nSPS) is 17.5. The third-order valence-corrected chi connectivity index (χ3v) is 5.80. The summed E-state index contributed by atoms with van der Waals surface area (Å²) in [6.07, 6.45) is 11.1. The van der Waals surface area contributed by atoms with Crippen molar-refractivity contribution in [2.24, 2.45) is 4.99 Å². The first-order valence-corrected chi connectivity index (χ1v) is 12.4. The summed E-state index contributed by atoms with van der Waals surface area (Å²) in [5.74, 6) is 1.51. The van der Waals surface area contributed by atoms with Gasteiger partial charge in [0.25, 0.3) is 5.91 Å². The van der Waals surface area contributed by atoms with Gasteiger partial charge in [0, 0.05) is 19.1 Å². The van der Waals surface area contributed by atoms with Crippen LogP contribution in [0.2, 0.25) is 0 Å². The molecule has 0 heterocycles. The minimum atomic E-state index is -0.0457. The Morgan fingerprint density at radius 1 is 1.03 bits per heavy atom. The van der Waals surface area contributed by atoms with Gasteiger partial charge < -0.3 is 25.4 Å². The van der Waals surface area contributed by atoms with E-state index < -0.39 is 0 Å². The van der Waals surface area contributed by atoms with Gasteiger partial charge in [-0.05, 0) is 56.7 Å². The molecule has 1 aromatic carbocycles. The highest BCUT2D eigenvalue weighted by Gasteiger charge is 2.23. The monoisotopic (exact) mass is 444 g/mol. The second-order valence-corrected chi connectivity index (χ2v) is 8.70. The van der Waals surface area contributed by atoms with Crippen LogP contribution in [-0.4, -0.2) is 56.9 Å². The lowest BCUT2D eigenvalue weighted by atomic mass is 10.1. The number of nitrogens with one attached hydrogen (secondary N) is 3. The van der Waals surface area contributed by atoms with Gasteiger partial charge >= 0.3 is 0 Å². The molecule has 0 unspecified atom stereocenters. The lowest BCUT2D eigenvalue weighted by Crippen LogP contribution is -2.38. The second kappa shape index (κ2) is 14.0. The Morgan fingerprint density at radius 3 is 2.47 bits per heavy atom. The Kier molecular flexibility index (Phi) is 10.7. The predicted molar refractivity (Wildman–Crippen MR) is 128 cm³/mol. The largest absolute Gasteiger partial charge is 0.484 e. The van der Waals surface area contributed by atoms with Crippen molar-refractivity contribution in [3.8, 4) is 5.75 Å². The van der Waals surface area contributed by atoms with Crippen LogP contribution in [0.25, 0.3) is 0 Å². The maximum atomic E-state index is 11.7. The van der Waals surface area contributed by atoms with E-state index in [9.17, 15) is 4.79 Å². The molecule has 0 bridgehead atoms. The molecular weight excluding hydrogens is 404 g/mol. The molecule has 2 fully saturated rings. The summed E-state index contributed by atoms with van der Waals surface area (Å²) in [4.78, 5) is 16.4. The van der Waals surface area contributed by atoms with E-state index in [1.165, 1.54) is 44.1 Å². The molecule has 3 rings (SSSR count). The highest BCUT2D eigenvalue weighted by molar-refractivity contribution is 5.79. The van der Waals surface area contributed by atoms with Gasteiger partial charge in [0.05, 0.1) is 19.3 Å². The molecule has 32 heavy (non-hydrogen) atoms. The molecule has 7 heteroatoms. The number of amides is 1. The number of hydrogen-bond acceptors (Lipinski definition) is 4. The Labute approximate surface area is 192 Å². The molecule has 1 aromatic rings. The average Bonchev–Trinajstić information content (AvgIpc) is 3.64. The van der Waals surface area contributed by atoms with Crippen LogP contribution >= 0.6 is 0 Å². The first-order valence-electron chi connectivity index (χ1n) is 12.4. The molecule has 0 aromatic heterocycles. The Hall–Kier alpha value is -2.28. The lowest BCUT2D eigenvalue weighted by Gasteiger charge is -2.15. The molecule has 2 saturated carbocycles. The molecule has 2 aliphatic rings. The average molecular weight is 445 g/mol. The van der Waals surface area contributed by atoms with Gasteiger partial charge in [0.15, 0.2) is 12.6 Å². The summed E-state index contributed by atoms with van der Waals surface area (Å²) in [7, 11) is 0. The highest BCUT2D eigenvalue weighted by atomic mass is 16.5. The van der Waals surface area contributed by atoms with Crippen LogP contribution in [0.3, 0.4) is 0 Å². The van der Waals surface area contributed by atoms with Crippen LogP contribution in [0.5, 0.6) is 5.75 Å². The molecule has 7 nitrogen and oxygen atoms in total. The smallest absolute Gasteiger partial charge is 0.258 e. The van der Waals surface area contributed by atoms with Crippen molar-refractivity contribution in [1.82, 2.24) is 16.0 Å². The molecular formula is C25H40N4O3. The number of benzene rings is 1. The van der Waals surface area contributed by atoms with Crippen molar-refractivity contribution in [3.63, 3.8) is 0 Å². The van der Waals surface area contributed by atoms with Crippen LogP contribution in [-0.2, 0) is 16.0 Å². The van der Waals surface area contributed by atoms with Gasteiger partial charge in [-0.1, -0.05) is 37.8 Å². The van der Waals surface area contributed by atoms with Crippen molar-refractivity contribution in [2.75, 3.05) is 32.8 Å². The molecule has 0 radical (unpaired) electrons. The zero-order valence-corrected chi connectivity index (χ0v) is 19.5. The van der Waals surface area contributed by atoms with E-state index in [1.807, 2.05) is 24.3 Å². The summed E-state index contributed by atoms with van der Waals surface area (Å²) >= 11 is 0. The first kappa shape index (κ1) is 24.4. The van der Waals surface area contributed by atoms with Crippen molar-refractivity contribution >= 4 is 11.9 Å². The molecule has 2 aliphatic carbocycles. The molecule has 1 amide bonds. The number of nitrogens with zero attached hydrogens (tertiary/aromatic N) is 1. The second-order valence-electron chi connectivity index (χ2n) is 8.70. The van der Waals surface area contributed by atoms with Crippen LogP contribution < -0.4 is 20.7 Å². The number of carbonyl (C=O) groups excluding carboxylic acids is 1. The molecule has 0 saturated heterocycles. The van der Waals surface area contributed by atoms with Gasteiger partial charge in [0.1, 0.15) is 5.75 Å². The molecule has 0 spiro atoms. The fourth-order valence-electron chi connectivity index (χ4n) is 3.85. The van der Waals surface area contributed by atoms with Crippen molar-refractivity contribution in [2.45, 2.75) is 76.9 Å². The lowest BCUT2D eigenvalue weighted by molar-refractivity contribution is -0.123. The molecule has 3 N–H and O–H groups in total. The van der Waals surface area contributed by atoms with E-state index in [1.54, 1.807) is 0 Å². The van der Waals surface area contributed by atoms with Gasteiger partial charge in [-0.3, -0.25) is 9.79 Å². The summed E-state index contributed by atoms with van der Waals surface area (Å²) in [6, 6.07) is 8.29. The fourth-order valence-corrected chi connectivity index (χ4v) is 3.85. The highest BCUT2D eigenvalue weighted by Crippen LogP contribution is 2.20. The first-order chi connectivity index (χ1) is 15.7. The van der Waals surface area contributed by atoms with E-state index in [4.69, 9.17) is 9.47 Å². The fraction of sp³-hybridized carbons (Fsp3) is 0.680. The van der Waals surface area contributed by atoms with Crippen LogP contribution in [0, 0.1) is 0 Å². The van der Waals surface area contributed by atoms with Crippen LogP contribution in [0.1, 0.15) is 63.9 Å². The van der Waals surface area contributed by atoms with E-state index in [0.717, 1.165) is 44.1 Å². The van der Waals surface area contributed by atoms with E-state index in [0.29, 0.717) is 25.3 Å². The van der Waals surface area contributed by atoms with E-state index in [-0.39, 0.29) is 12.5 Å². The number of aliphatic imine (C=N–C) groups is 1. The van der Waals surface area contributed by atoms with Gasteiger partial charge in [-0.25, -0.2) is 0 Å². The summed E-state index contributed by atoms with van der Waals surface area (Å²) in [5.41, 5.74) is 1.21. The van der Waals surface area contributed by atoms with Crippen LogP contribution in [0.15, 0.2) is 29.3 Å². The third kappa shape index (κ3) is 9.90. The van der Waals surface area contributed by atoms with Gasteiger partial charge in [0.2, 0.25) is 0 Å². The van der Waals surface area contributed by atoms with E-state index in [2.05, 4.69) is 27.9 Å². The summed E-state index contributed by atoms with van der Waals surface area (Å²) < 4.78 is 11.6. The van der Waals surface area contributed by atoms with Crippen molar-refractivity contribution in [3.05, 3.63) is 29.8 Å². The molecule has 178 valence electrons. The topological polar surface area (TPSA) is 84.0 Å². The number of rotatable bonds is 12. The minimum Gasteiger partial charge on any atom is -0.484 e. The number of carbonyl (C=O) groups is 1. The third-order valence-electron chi connectivity index (χ3n) is 5.80. The zero-order valence-electron chi connectivity index (χ0n) is 19.5. The molecule has 0 atom stereocenters. The number of ether oxygens (including phenoxy) is 2. The standard InChI is InChI=1S/C25H40N4O3/c1-2-26-25(28-17-18-31-22-7-5-3-4-6-8-22)27-16-15-20-9-13-23(14-10-20)32-19-24(30)29-21-11-12-21/h9-10,13-14,21-22H,2-8,11-12,15-19H2,1H3,(H,29,30)(H2,26,27,28). The number of hydrogen-bond donors (Lipinski definition) is 3. The minimum absolute atomic E-state index is 0.0457. The Bertz CT molecular complexity index is 696. The molecule has 0 aliphatic heterocycles. The van der Waals surface area contributed by atoms with Crippen LogP contribution in [0.4, 0.5) is 0 Å². The summed E-state index contributed by atoms with van der Waals surface area (Å²) in [5, 5.41) is 9.62. The number of guanidine groups is 1.